The molecule has 1 aromatic carbocycles. The molecule has 1 aromatic rings. The minimum atomic E-state index is -0.703. The predicted molar refractivity (Wildman–Crippen MR) is 73.7 cm³/mol. The van der Waals surface area contributed by atoms with Crippen LogP contribution >= 0.6 is 11.6 Å². The average Bonchev–Trinajstić information content (AvgIpc) is 2.71. The third kappa shape index (κ3) is 3.85. The van der Waals surface area contributed by atoms with Gasteiger partial charge in [-0.3, -0.25) is 9.69 Å². The number of halogens is 1. The standard InChI is InChI=1S/C14H18ClNO3/c1-10-8-16(9-13(10)14(17)18)5-6-19-12-4-2-3-11(15)7-12/h2-4,7,10,13H,5-6,8-9H2,1H3,(H,17,18)/t10-,13-/m1/s1. The number of likely N-dealkylation sites (tertiary alicyclic amines) is 1. The molecular weight excluding hydrogens is 266 g/mol. The third-order valence-electron chi connectivity index (χ3n) is 3.48. The molecule has 0 aliphatic carbocycles. The highest BCUT2D eigenvalue weighted by atomic mass is 35.5. The van der Waals surface area contributed by atoms with Crippen LogP contribution in [-0.2, 0) is 4.79 Å². The van der Waals surface area contributed by atoms with Gasteiger partial charge < -0.3 is 9.84 Å². The summed E-state index contributed by atoms with van der Waals surface area (Å²) < 4.78 is 5.61. The van der Waals surface area contributed by atoms with Crippen LogP contribution in [-0.4, -0.2) is 42.2 Å². The van der Waals surface area contributed by atoms with Crippen molar-refractivity contribution in [3.8, 4) is 5.75 Å². The van der Waals surface area contributed by atoms with Crippen LogP contribution in [0.2, 0.25) is 5.02 Å². The second-order valence-electron chi connectivity index (χ2n) is 4.99. The van der Waals surface area contributed by atoms with Crippen LogP contribution in [0.15, 0.2) is 24.3 Å². The molecule has 0 aromatic heterocycles. The molecule has 0 unspecified atom stereocenters. The number of ether oxygens (including phenoxy) is 1. The van der Waals surface area contributed by atoms with Gasteiger partial charge in [0.1, 0.15) is 12.4 Å². The zero-order valence-corrected chi connectivity index (χ0v) is 11.6. The van der Waals surface area contributed by atoms with Gasteiger partial charge in [0.2, 0.25) is 0 Å². The Bertz CT molecular complexity index is 452. The molecule has 0 spiro atoms. The first-order chi connectivity index (χ1) is 9.06. The molecule has 5 heteroatoms. The summed E-state index contributed by atoms with van der Waals surface area (Å²) in [5, 5.41) is 9.71. The largest absolute Gasteiger partial charge is 0.492 e. The lowest BCUT2D eigenvalue weighted by molar-refractivity contribution is -0.142. The molecule has 4 nitrogen and oxygen atoms in total. The van der Waals surface area contributed by atoms with Gasteiger partial charge >= 0.3 is 5.97 Å². The molecular formula is C14H18ClNO3. The second kappa shape index (κ2) is 6.26. The van der Waals surface area contributed by atoms with Gasteiger partial charge in [0, 0.05) is 24.7 Å². The lowest BCUT2D eigenvalue weighted by Crippen LogP contribution is -2.27. The quantitative estimate of drug-likeness (QED) is 0.901. The number of carboxylic acid groups (broad SMARTS) is 1. The maximum Gasteiger partial charge on any atom is 0.308 e. The zero-order chi connectivity index (χ0) is 13.8. The topological polar surface area (TPSA) is 49.8 Å². The van der Waals surface area contributed by atoms with Crippen molar-refractivity contribution >= 4 is 17.6 Å². The van der Waals surface area contributed by atoms with Crippen LogP contribution in [0.1, 0.15) is 6.92 Å². The molecule has 0 radical (unpaired) electrons. The Morgan fingerprint density at radius 1 is 1.53 bits per heavy atom. The predicted octanol–water partition coefficient (Wildman–Crippen LogP) is 2.37. The monoisotopic (exact) mass is 283 g/mol. The summed E-state index contributed by atoms with van der Waals surface area (Å²) in [5.74, 6) is -0.0184. The molecule has 2 atom stereocenters. The van der Waals surface area contributed by atoms with E-state index >= 15 is 0 Å². The second-order valence-corrected chi connectivity index (χ2v) is 5.42. The Kier molecular flexibility index (Phi) is 4.66. The number of aliphatic carboxylic acids is 1. The van der Waals surface area contributed by atoms with Crippen molar-refractivity contribution in [1.82, 2.24) is 4.90 Å². The number of hydrogen-bond donors (Lipinski definition) is 1. The molecule has 1 saturated heterocycles. The molecule has 1 heterocycles. The Hall–Kier alpha value is -1.26. The molecule has 1 N–H and O–H groups in total. The Labute approximate surface area is 117 Å². The first kappa shape index (κ1) is 14.2. The summed E-state index contributed by atoms with van der Waals surface area (Å²) in [5.41, 5.74) is 0. The Balaban J connectivity index is 1.76. The summed E-state index contributed by atoms with van der Waals surface area (Å²) in [6.45, 7) is 4.68. The summed E-state index contributed by atoms with van der Waals surface area (Å²) in [7, 11) is 0. The molecule has 0 bridgehead atoms. The summed E-state index contributed by atoms with van der Waals surface area (Å²) >= 11 is 5.87. The molecule has 0 saturated carbocycles. The maximum absolute atomic E-state index is 11.0. The summed E-state index contributed by atoms with van der Waals surface area (Å²) in [6, 6.07) is 7.27. The van der Waals surface area contributed by atoms with Crippen LogP contribution in [0, 0.1) is 11.8 Å². The first-order valence-corrected chi connectivity index (χ1v) is 6.77. The van der Waals surface area contributed by atoms with Gasteiger partial charge in [-0.05, 0) is 24.1 Å². The highest BCUT2D eigenvalue weighted by molar-refractivity contribution is 6.30. The van der Waals surface area contributed by atoms with Gasteiger partial charge in [-0.15, -0.1) is 0 Å². The fourth-order valence-electron chi connectivity index (χ4n) is 2.42. The lowest BCUT2D eigenvalue weighted by Gasteiger charge is -2.15. The van der Waals surface area contributed by atoms with Gasteiger partial charge in [-0.2, -0.15) is 0 Å². The lowest BCUT2D eigenvalue weighted by atomic mass is 9.99. The molecule has 2 rings (SSSR count). The number of rotatable bonds is 5. The van der Waals surface area contributed by atoms with E-state index < -0.39 is 5.97 Å². The molecule has 1 aliphatic rings. The molecule has 104 valence electrons. The number of benzene rings is 1. The van der Waals surface area contributed by atoms with Crippen molar-refractivity contribution in [3.05, 3.63) is 29.3 Å². The van der Waals surface area contributed by atoms with E-state index in [1.807, 2.05) is 19.1 Å². The van der Waals surface area contributed by atoms with E-state index in [2.05, 4.69) is 4.90 Å². The number of carbonyl (C=O) groups is 1. The van der Waals surface area contributed by atoms with Gasteiger partial charge in [0.25, 0.3) is 0 Å². The van der Waals surface area contributed by atoms with Gasteiger partial charge in [-0.25, -0.2) is 0 Å². The van der Waals surface area contributed by atoms with Crippen molar-refractivity contribution in [2.45, 2.75) is 6.92 Å². The van der Waals surface area contributed by atoms with E-state index in [9.17, 15) is 4.79 Å². The minimum absolute atomic E-state index is 0.198. The van der Waals surface area contributed by atoms with Crippen molar-refractivity contribution in [2.75, 3.05) is 26.2 Å². The van der Waals surface area contributed by atoms with Gasteiger partial charge in [0.15, 0.2) is 0 Å². The highest BCUT2D eigenvalue weighted by Crippen LogP contribution is 2.23. The van der Waals surface area contributed by atoms with E-state index in [1.165, 1.54) is 0 Å². The van der Waals surface area contributed by atoms with E-state index in [0.717, 1.165) is 18.8 Å². The molecule has 1 fully saturated rings. The molecule has 1 aliphatic heterocycles. The van der Waals surface area contributed by atoms with Crippen molar-refractivity contribution in [2.24, 2.45) is 11.8 Å². The SMILES string of the molecule is C[C@@H]1CN(CCOc2cccc(Cl)c2)C[C@H]1C(=O)O. The van der Waals surface area contributed by atoms with Crippen molar-refractivity contribution in [1.29, 1.82) is 0 Å². The number of nitrogens with zero attached hydrogens (tertiary/aromatic N) is 1. The molecule has 19 heavy (non-hydrogen) atoms. The maximum atomic E-state index is 11.0. The normalized spacial score (nSPS) is 23.5. The third-order valence-corrected chi connectivity index (χ3v) is 3.71. The average molecular weight is 284 g/mol. The smallest absolute Gasteiger partial charge is 0.308 e. The Morgan fingerprint density at radius 2 is 2.32 bits per heavy atom. The van der Waals surface area contributed by atoms with Crippen LogP contribution in [0.25, 0.3) is 0 Å². The van der Waals surface area contributed by atoms with E-state index in [1.54, 1.807) is 12.1 Å². The fraction of sp³-hybridized carbons (Fsp3) is 0.500. The van der Waals surface area contributed by atoms with Crippen molar-refractivity contribution in [3.63, 3.8) is 0 Å². The van der Waals surface area contributed by atoms with Gasteiger partial charge in [-0.1, -0.05) is 24.6 Å². The van der Waals surface area contributed by atoms with Crippen LogP contribution < -0.4 is 4.74 Å². The van der Waals surface area contributed by atoms with Crippen LogP contribution in [0.3, 0.4) is 0 Å². The van der Waals surface area contributed by atoms with Crippen molar-refractivity contribution < 1.29 is 14.6 Å². The number of carboxylic acids is 1. The van der Waals surface area contributed by atoms with E-state index in [0.29, 0.717) is 18.2 Å². The summed E-state index contributed by atoms with van der Waals surface area (Å²) in [6.07, 6.45) is 0. The van der Waals surface area contributed by atoms with E-state index in [4.69, 9.17) is 21.4 Å². The summed E-state index contributed by atoms with van der Waals surface area (Å²) in [4.78, 5) is 13.2. The number of hydrogen-bond acceptors (Lipinski definition) is 3. The van der Waals surface area contributed by atoms with Crippen LogP contribution in [0.5, 0.6) is 5.75 Å². The first-order valence-electron chi connectivity index (χ1n) is 6.40. The Morgan fingerprint density at radius 3 is 2.95 bits per heavy atom. The van der Waals surface area contributed by atoms with Gasteiger partial charge in [0.05, 0.1) is 5.92 Å². The molecule has 0 amide bonds. The minimum Gasteiger partial charge on any atom is -0.492 e. The fourth-order valence-corrected chi connectivity index (χ4v) is 2.60. The zero-order valence-electron chi connectivity index (χ0n) is 10.9. The van der Waals surface area contributed by atoms with Crippen LogP contribution in [0.4, 0.5) is 0 Å². The van der Waals surface area contributed by atoms with E-state index in [-0.39, 0.29) is 11.8 Å². The highest BCUT2D eigenvalue weighted by Gasteiger charge is 2.34.